The van der Waals surface area contributed by atoms with Gasteiger partial charge in [-0.25, -0.2) is 0 Å². The molecule has 0 aromatic rings. The van der Waals surface area contributed by atoms with Crippen LogP contribution in [0.15, 0.2) is 0 Å². The Kier molecular flexibility index (Phi) is 2.94. The molecule has 3 rings (SSSR count). The summed E-state index contributed by atoms with van der Waals surface area (Å²) in [4.78, 5) is 0. The van der Waals surface area contributed by atoms with Crippen molar-refractivity contribution < 1.29 is 4.74 Å². The molecule has 2 saturated carbocycles. The van der Waals surface area contributed by atoms with E-state index < -0.39 is 0 Å². The first-order valence-corrected chi connectivity index (χ1v) is 6.79. The van der Waals surface area contributed by atoms with Crippen molar-refractivity contribution in [1.82, 2.24) is 10.6 Å². The Bertz CT molecular complexity index is 244. The van der Waals surface area contributed by atoms with E-state index in [9.17, 15) is 0 Å². The maximum Gasteiger partial charge on any atom is 0.0601 e. The third-order valence-electron chi connectivity index (χ3n) is 5.04. The number of hydrogen-bond acceptors (Lipinski definition) is 3. The minimum absolute atomic E-state index is 0.532. The smallest absolute Gasteiger partial charge is 0.0601 e. The molecule has 1 heterocycles. The van der Waals surface area contributed by atoms with Gasteiger partial charge in [-0.05, 0) is 63.1 Å². The Morgan fingerprint density at radius 3 is 2.75 bits per heavy atom. The Morgan fingerprint density at radius 2 is 2.06 bits per heavy atom. The lowest BCUT2D eigenvalue weighted by Crippen LogP contribution is -2.46. The summed E-state index contributed by atoms with van der Waals surface area (Å²) in [6.45, 7) is 3.73. The number of hydrogen-bond donors (Lipinski definition) is 2. The van der Waals surface area contributed by atoms with Crippen molar-refractivity contribution in [2.45, 2.75) is 44.2 Å². The van der Waals surface area contributed by atoms with Gasteiger partial charge in [0.2, 0.25) is 0 Å². The molecule has 3 fully saturated rings. The molecule has 2 N–H and O–H groups in total. The molecule has 1 aliphatic heterocycles. The van der Waals surface area contributed by atoms with E-state index in [4.69, 9.17) is 4.74 Å². The lowest BCUT2D eigenvalue weighted by atomic mass is 9.88. The molecule has 1 atom stereocenters. The molecule has 92 valence electrons. The first-order chi connectivity index (χ1) is 7.82. The van der Waals surface area contributed by atoms with Gasteiger partial charge in [-0.3, -0.25) is 0 Å². The quantitative estimate of drug-likeness (QED) is 0.751. The average Bonchev–Trinajstić information content (AvgIpc) is 2.90. The van der Waals surface area contributed by atoms with Gasteiger partial charge < -0.3 is 15.4 Å². The highest BCUT2D eigenvalue weighted by Crippen LogP contribution is 2.58. The Morgan fingerprint density at radius 1 is 1.31 bits per heavy atom. The fourth-order valence-electron chi connectivity index (χ4n) is 3.49. The number of methoxy groups -OCH3 is 1. The minimum Gasteiger partial charge on any atom is -0.381 e. The second kappa shape index (κ2) is 4.28. The van der Waals surface area contributed by atoms with Gasteiger partial charge in [-0.2, -0.15) is 0 Å². The van der Waals surface area contributed by atoms with E-state index in [1.165, 1.54) is 51.7 Å². The molecular weight excluding hydrogens is 200 g/mol. The van der Waals surface area contributed by atoms with Gasteiger partial charge in [0.1, 0.15) is 0 Å². The minimum atomic E-state index is 0.532. The first kappa shape index (κ1) is 11.0. The lowest BCUT2D eigenvalue weighted by molar-refractivity contribution is 0.0169. The standard InChI is InChI=1S/C13H24N2O/c1-16-12-6-11(7-12)15-9-10-8-13(10)2-4-14-5-3-13/h10-12,14-15H,2-9H2,1H3. The maximum atomic E-state index is 5.30. The SMILES string of the molecule is COC1CC(NCC2CC23CCNCC3)C1. The molecule has 0 radical (unpaired) electrons. The molecule has 1 saturated heterocycles. The first-order valence-electron chi connectivity index (χ1n) is 6.79. The third-order valence-corrected chi connectivity index (χ3v) is 5.04. The van der Waals surface area contributed by atoms with E-state index in [1.807, 2.05) is 7.11 Å². The van der Waals surface area contributed by atoms with Crippen LogP contribution in [-0.4, -0.2) is 38.9 Å². The number of nitrogens with one attached hydrogen (secondary N) is 2. The zero-order valence-corrected chi connectivity index (χ0v) is 10.3. The Labute approximate surface area is 98.3 Å². The molecule has 1 spiro atoms. The van der Waals surface area contributed by atoms with Crippen LogP contribution >= 0.6 is 0 Å². The molecule has 0 bridgehead atoms. The molecule has 3 aliphatic rings. The van der Waals surface area contributed by atoms with Gasteiger partial charge in [0.25, 0.3) is 0 Å². The highest BCUT2D eigenvalue weighted by atomic mass is 16.5. The highest BCUT2D eigenvalue weighted by molar-refractivity contribution is 5.05. The van der Waals surface area contributed by atoms with Crippen LogP contribution in [0, 0.1) is 11.3 Å². The Balaban J connectivity index is 1.35. The molecule has 3 nitrogen and oxygen atoms in total. The van der Waals surface area contributed by atoms with E-state index in [0.717, 1.165) is 17.4 Å². The number of rotatable bonds is 4. The molecule has 2 aliphatic carbocycles. The second-order valence-corrected chi connectivity index (χ2v) is 5.95. The molecule has 0 amide bonds. The van der Waals surface area contributed by atoms with Crippen LogP contribution in [0.3, 0.4) is 0 Å². The summed E-state index contributed by atoms with van der Waals surface area (Å²) in [6, 6.07) is 0.740. The number of ether oxygens (including phenoxy) is 1. The fourth-order valence-corrected chi connectivity index (χ4v) is 3.49. The summed E-state index contributed by atoms with van der Waals surface area (Å²) in [5, 5.41) is 7.18. The van der Waals surface area contributed by atoms with Crippen LogP contribution in [0.2, 0.25) is 0 Å². The van der Waals surface area contributed by atoms with Crippen molar-refractivity contribution in [2.24, 2.45) is 11.3 Å². The topological polar surface area (TPSA) is 33.3 Å². The maximum absolute atomic E-state index is 5.30. The Hall–Kier alpha value is -0.120. The van der Waals surface area contributed by atoms with Crippen molar-refractivity contribution >= 4 is 0 Å². The summed E-state index contributed by atoms with van der Waals surface area (Å²) in [6.07, 6.45) is 7.26. The lowest BCUT2D eigenvalue weighted by Gasteiger charge is -2.35. The van der Waals surface area contributed by atoms with Crippen LogP contribution in [0.1, 0.15) is 32.1 Å². The van der Waals surface area contributed by atoms with Crippen LogP contribution < -0.4 is 10.6 Å². The van der Waals surface area contributed by atoms with Gasteiger partial charge in [0.15, 0.2) is 0 Å². The zero-order valence-electron chi connectivity index (χ0n) is 10.3. The molecule has 16 heavy (non-hydrogen) atoms. The van der Waals surface area contributed by atoms with Gasteiger partial charge >= 0.3 is 0 Å². The van der Waals surface area contributed by atoms with Crippen molar-refractivity contribution in [3.8, 4) is 0 Å². The van der Waals surface area contributed by atoms with Crippen LogP contribution in [-0.2, 0) is 4.74 Å². The number of piperidine rings is 1. The van der Waals surface area contributed by atoms with Gasteiger partial charge in [-0.15, -0.1) is 0 Å². The van der Waals surface area contributed by atoms with E-state index in [2.05, 4.69) is 10.6 Å². The second-order valence-electron chi connectivity index (χ2n) is 5.95. The molecule has 3 heteroatoms. The summed E-state index contributed by atoms with van der Waals surface area (Å²) in [5.41, 5.74) is 0.739. The molecule has 0 aromatic heterocycles. The van der Waals surface area contributed by atoms with Gasteiger partial charge in [0.05, 0.1) is 6.10 Å². The van der Waals surface area contributed by atoms with Crippen LogP contribution in [0.4, 0.5) is 0 Å². The van der Waals surface area contributed by atoms with Crippen molar-refractivity contribution in [3.05, 3.63) is 0 Å². The van der Waals surface area contributed by atoms with Crippen LogP contribution in [0.5, 0.6) is 0 Å². The summed E-state index contributed by atoms with van der Waals surface area (Å²) < 4.78 is 5.30. The van der Waals surface area contributed by atoms with Crippen LogP contribution in [0.25, 0.3) is 0 Å². The molecular formula is C13H24N2O. The summed E-state index contributed by atoms with van der Waals surface area (Å²) in [5.74, 6) is 0.969. The van der Waals surface area contributed by atoms with E-state index in [0.29, 0.717) is 6.10 Å². The highest BCUT2D eigenvalue weighted by Gasteiger charge is 2.53. The van der Waals surface area contributed by atoms with E-state index in [-0.39, 0.29) is 0 Å². The summed E-state index contributed by atoms with van der Waals surface area (Å²) in [7, 11) is 1.83. The van der Waals surface area contributed by atoms with Gasteiger partial charge in [0, 0.05) is 13.2 Å². The van der Waals surface area contributed by atoms with Crippen molar-refractivity contribution in [3.63, 3.8) is 0 Å². The molecule has 0 aromatic carbocycles. The monoisotopic (exact) mass is 224 g/mol. The third kappa shape index (κ3) is 2.01. The van der Waals surface area contributed by atoms with Gasteiger partial charge in [-0.1, -0.05) is 0 Å². The van der Waals surface area contributed by atoms with E-state index in [1.54, 1.807) is 0 Å². The van der Waals surface area contributed by atoms with Crippen molar-refractivity contribution in [2.75, 3.05) is 26.7 Å². The molecule has 1 unspecified atom stereocenters. The predicted octanol–water partition coefficient (Wildman–Crippen LogP) is 1.14. The zero-order chi connectivity index (χ0) is 11.0. The van der Waals surface area contributed by atoms with E-state index >= 15 is 0 Å². The normalized spacial score (nSPS) is 40.7. The predicted molar refractivity (Wildman–Crippen MR) is 64.5 cm³/mol. The summed E-state index contributed by atoms with van der Waals surface area (Å²) >= 11 is 0. The largest absolute Gasteiger partial charge is 0.381 e. The average molecular weight is 224 g/mol. The fraction of sp³-hybridized carbons (Fsp3) is 1.00. The van der Waals surface area contributed by atoms with Crippen molar-refractivity contribution in [1.29, 1.82) is 0 Å².